The molecule has 2 amide bonds. The summed E-state index contributed by atoms with van der Waals surface area (Å²) in [5, 5.41) is 5.98. The summed E-state index contributed by atoms with van der Waals surface area (Å²) in [6.07, 6.45) is 3.75. The van der Waals surface area contributed by atoms with Crippen molar-refractivity contribution in [3.63, 3.8) is 0 Å². The first-order valence-electron chi connectivity index (χ1n) is 7.36. The maximum absolute atomic E-state index is 12.1. The Morgan fingerprint density at radius 3 is 2.37 bits per heavy atom. The highest BCUT2D eigenvalue weighted by Crippen LogP contribution is 2.10. The molecular weight excluding hydrogens is 242 g/mol. The van der Waals surface area contributed by atoms with Crippen molar-refractivity contribution in [2.24, 2.45) is 0 Å². The summed E-state index contributed by atoms with van der Waals surface area (Å²) >= 11 is 0. The van der Waals surface area contributed by atoms with Crippen LogP contribution < -0.4 is 10.6 Å². The standard InChI is InChI=1S/C14H27N3O2/c1-4-15-11(2)10-13(18)16-12(3)14(19)17-8-6-5-7-9-17/h11-12,15H,4-10H2,1-3H3,(H,16,18). The highest BCUT2D eigenvalue weighted by atomic mass is 16.2. The van der Waals surface area contributed by atoms with Gasteiger partial charge in [0.25, 0.3) is 0 Å². The zero-order chi connectivity index (χ0) is 14.3. The van der Waals surface area contributed by atoms with E-state index in [-0.39, 0.29) is 17.9 Å². The van der Waals surface area contributed by atoms with E-state index in [4.69, 9.17) is 0 Å². The molecule has 0 aromatic carbocycles. The van der Waals surface area contributed by atoms with Gasteiger partial charge in [0.2, 0.25) is 11.8 Å². The van der Waals surface area contributed by atoms with E-state index in [1.807, 2.05) is 18.7 Å². The Kier molecular flexibility index (Phi) is 6.84. The monoisotopic (exact) mass is 269 g/mol. The molecule has 1 fully saturated rings. The van der Waals surface area contributed by atoms with Crippen molar-refractivity contribution in [1.29, 1.82) is 0 Å². The lowest BCUT2D eigenvalue weighted by molar-refractivity contribution is -0.136. The molecule has 5 heteroatoms. The molecule has 0 aromatic rings. The van der Waals surface area contributed by atoms with Crippen molar-refractivity contribution in [2.75, 3.05) is 19.6 Å². The largest absolute Gasteiger partial charge is 0.345 e. The summed E-state index contributed by atoms with van der Waals surface area (Å²) in [7, 11) is 0. The summed E-state index contributed by atoms with van der Waals surface area (Å²) in [5.41, 5.74) is 0. The van der Waals surface area contributed by atoms with Crippen molar-refractivity contribution in [3.8, 4) is 0 Å². The number of rotatable bonds is 6. The number of carbonyl (C=O) groups is 2. The summed E-state index contributed by atoms with van der Waals surface area (Å²) < 4.78 is 0. The van der Waals surface area contributed by atoms with Crippen molar-refractivity contribution in [3.05, 3.63) is 0 Å². The fraction of sp³-hybridized carbons (Fsp3) is 0.857. The molecule has 2 N–H and O–H groups in total. The quantitative estimate of drug-likeness (QED) is 0.753. The van der Waals surface area contributed by atoms with Gasteiger partial charge >= 0.3 is 0 Å². The molecule has 1 heterocycles. The average Bonchev–Trinajstić information content (AvgIpc) is 2.38. The number of amides is 2. The first-order chi connectivity index (χ1) is 9.04. The highest BCUT2D eigenvalue weighted by Gasteiger charge is 2.23. The zero-order valence-corrected chi connectivity index (χ0v) is 12.4. The van der Waals surface area contributed by atoms with Crippen LogP contribution in [0.4, 0.5) is 0 Å². The van der Waals surface area contributed by atoms with E-state index in [9.17, 15) is 9.59 Å². The number of hydrogen-bond acceptors (Lipinski definition) is 3. The van der Waals surface area contributed by atoms with Crippen LogP contribution in [-0.4, -0.2) is 48.4 Å². The number of hydrogen-bond donors (Lipinski definition) is 2. The third-order valence-corrected chi connectivity index (χ3v) is 3.46. The SMILES string of the molecule is CCNC(C)CC(=O)NC(C)C(=O)N1CCCCC1. The minimum Gasteiger partial charge on any atom is -0.345 e. The molecule has 110 valence electrons. The van der Waals surface area contributed by atoms with E-state index in [2.05, 4.69) is 10.6 Å². The van der Waals surface area contributed by atoms with Crippen LogP contribution in [0.3, 0.4) is 0 Å². The maximum atomic E-state index is 12.1. The molecule has 0 aromatic heterocycles. The molecule has 19 heavy (non-hydrogen) atoms. The van der Waals surface area contributed by atoms with Gasteiger partial charge in [-0.15, -0.1) is 0 Å². The molecule has 2 atom stereocenters. The predicted molar refractivity (Wildman–Crippen MR) is 75.8 cm³/mol. The van der Waals surface area contributed by atoms with Gasteiger partial charge in [0.15, 0.2) is 0 Å². The van der Waals surface area contributed by atoms with E-state index in [0.717, 1.165) is 32.5 Å². The fourth-order valence-electron chi connectivity index (χ4n) is 2.45. The van der Waals surface area contributed by atoms with Crippen molar-refractivity contribution >= 4 is 11.8 Å². The maximum Gasteiger partial charge on any atom is 0.244 e. The Bertz CT molecular complexity index is 301. The highest BCUT2D eigenvalue weighted by molar-refractivity contribution is 5.87. The second-order valence-corrected chi connectivity index (χ2v) is 5.34. The molecule has 1 aliphatic heterocycles. The predicted octanol–water partition coefficient (Wildman–Crippen LogP) is 0.892. The molecule has 5 nitrogen and oxygen atoms in total. The third-order valence-electron chi connectivity index (χ3n) is 3.46. The van der Waals surface area contributed by atoms with Gasteiger partial charge < -0.3 is 15.5 Å². The van der Waals surface area contributed by atoms with Crippen LogP contribution in [0.1, 0.15) is 46.5 Å². The van der Waals surface area contributed by atoms with Gasteiger partial charge in [-0.25, -0.2) is 0 Å². The molecule has 0 bridgehead atoms. The van der Waals surface area contributed by atoms with Crippen molar-refractivity contribution in [2.45, 2.75) is 58.5 Å². The molecule has 0 spiro atoms. The van der Waals surface area contributed by atoms with Gasteiger partial charge in [0, 0.05) is 25.6 Å². The lowest BCUT2D eigenvalue weighted by atomic mass is 10.1. The van der Waals surface area contributed by atoms with E-state index in [0.29, 0.717) is 6.42 Å². The molecule has 0 aliphatic carbocycles. The number of likely N-dealkylation sites (tertiary alicyclic amines) is 1. The normalized spacial score (nSPS) is 18.8. The zero-order valence-electron chi connectivity index (χ0n) is 12.4. The topological polar surface area (TPSA) is 61.4 Å². The number of piperidine rings is 1. The van der Waals surface area contributed by atoms with Crippen LogP contribution in [0.25, 0.3) is 0 Å². The van der Waals surface area contributed by atoms with Gasteiger partial charge in [-0.1, -0.05) is 6.92 Å². The average molecular weight is 269 g/mol. The molecular formula is C14H27N3O2. The van der Waals surface area contributed by atoms with Crippen LogP contribution in [0.5, 0.6) is 0 Å². The van der Waals surface area contributed by atoms with E-state index in [1.54, 1.807) is 6.92 Å². The number of nitrogens with one attached hydrogen (secondary N) is 2. The Hall–Kier alpha value is -1.10. The smallest absolute Gasteiger partial charge is 0.244 e. The second-order valence-electron chi connectivity index (χ2n) is 5.34. The Morgan fingerprint density at radius 1 is 1.16 bits per heavy atom. The molecule has 1 aliphatic rings. The number of carbonyl (C=O) groups excluding carboxylic acids is 2. The summed E-state index contributed by atoms with van der Waals surface area (Å²) in [5.74, 6) is -0.0181. The van der Waals surface area contributed by atoms with Crippen LogP contribution >= 0.6 is 0 Å². The van der Waals surface area contributed by atoms with Gasteiger partial charge in [-0.05, 0) is 39.7 Å². The lowest BCUT2D eigenvalue weighted by Crippen LogP contribution is -2.49. The van der Waals surface area contributed by atoms with Crippen LogP contribution in [0.15, 0.2) is 0 Å². The molecule has 1 rings (SSSR count). The first kappa shape index (κ1) is 16.0. The summed E-state index contributed by atoms with van der Waals surface area (Å²) in [6, 6.07) is -0.276. The Balaban J connectivity index is 2.34. The van der Waals surface area contributed by atoms with Gasteiger partial charge in [-0.2, -0.15) is 0 Å². The third kappa shape index (κ3) is 5.59. The van der Waals surface area contributed by atoms with Gasteiger partial charge in [-0.3, -0.25) is 9.59 Å². The van der Waals surface area contributed by atoms with Gasteiger partial charge in [0.05, 0.1) is 0 Å². The summed E-state index contributed by atoms with van der Waals surface area (Å²) in [4.78, 5) is 25.8. The van der Waals surface area contributed by atoms with E-state index < -0.39 is 6.04 Å². The van der Waals surface area contributed by atoms with Crippen LogP contribution in [-0.2, 0) is 9.59 Å². The first-order valence-corrected chi connectivity index (χ1v) is 7.36. The minimum atomic E-state index is -0.417. The van der Waals surface area contributed by atoms with Crippen molar-refractivity contribution in [1.82, 2.24) is 15.5 Å². The van der Waals surface area contributed by atoms with E-state index >= 15 is 0 Å². The Morgan fingerprint density at radius 2 is 1.79 bits per heavy atom. The molecule has 0 radical (unpaired) electrons. The van der Waals surface area contributed by atoms with Crippen LogP contribution in [0, 0.1) is 0 Å². The fourth-order valence-corrected chi connectivity index (χ4v) is 2.45. The molecule has 2 unspecified atom stereocenters. The van der Waals surface area contributed by atoms with Crippen molar-refractivity contribution < 1.29 is 9.59 Å². The van der Waals surface area contributed by atoms with Crippen LogP contribution in [0.2, 0.25) is 0 Å². The van der Waals surface area contributed by atoms with Gasteiger partial charge in [0.1, 0.15) is 6.04 Å². The molecule has 1 saturated heterocycles. The molecule has 0 saturated carbocycles. The number of nitrogens with zero attached hydrogens (tertiary/aromatic N) is 1. The van der Waals surface area contributed by atoms with E-state index in [1.165, 1.54) is 6.42 Å². The Labute approximate surface area is 116 Å². The summed E-state index contributed by atoms with van der Waals surface area (Å²) in [6.45, 7) is 8.25. The second kappa shape index (κ2) is 8.15. The lowest BCUT2D eigenvalue weighted by Gasteiger charge is -2.29. The minimum absolute atomic E-state index is 0.0455.